The van der Waals surface area contributed by atoms with Crippen LogP contribution in [-0.4, -0.2) is 15.5 Å². The number of aryl methyl sites for hydroxylation is 1. The third kappa shape index (κ3) is 3.47. The van der Waals surface area contributed by atoms with E-state index in [-0.39, 0.29) is 11.9 Å². The van der Waals surface area contributed by atoms with Gasteiger partial charge in [-0.05, 0) is 55.8 Å². The van der Waals surface area contributed by atoms with Crippen molar-refractivity contribution in [2.24, 2.45) is 0 Å². The molecule has 0 radical (unpaired) electrons. The standard InChI is InChI=1S/C25H21ClN4O/c1-15-6-5-7-17(14-15)23-22(24(31)28-19-12-10-18(26)11-13-19)16(2)27-25-29-20-8-3-4-9-21(20)30(23)25/h3-14,23H,1-2H3,(H,27,29)(H,28,31)/t23-/m1/s1. The molecule has 4 aromatic rings. The molecule has 0 saturated heterocycles. The second-order valence-corrected chi connectivity index (χ2v) is 8.17. The molecule has 1 amide bonds. The van der Waals surface area contributed by atoms with E-state index in [1.165, 1.54) is 0 Å². The first-order valence-electron chi connectivity index (χ1n) is 10.1. The molecule has 1 aliphatic heterocycles. The average Bonchev–Trinajstić information content (AvgIpc) is 3.12. The van der Waals surface area contributed by atoms with Crippen LogP contribution in [0.15, 0.2) is 84.1 Å². The van der Waals surface area contributed by atoms with Gasteiger partial charge in [-0.3, -0.25) is 9.36 Å². The van der Waals surface area contributed by atoms with Gasteiger partial charge in [-0.1, -0.05) is 53.6 Å². The lowest BCUT2D eigenvalue weighted by Crippen LogP contribution is -2.31. The third-order valence-electron chi connectivity index (χ3n) is 5.54. The SMILES string of the molecule is CC1=C(C(=O)Nc2ccc(Cl)cc2)[C@@H](c2cccc(C)c2)n2c(nc3ccccc32)N1. The highest BCUT2D eigenvalue weighted by molar-refractivity contribution is 6.30. The van der Waals surface area contributed by atoms with E-state index in [1.807, 2.05) is 37.3 Å². The number of allylic oxidation sites excluding steroid dienone is 1. The Morgan fingerprint density at radius 1 is 1.03 bits per heavy atom. The maximum atomic E-state index is 13.5. The molecule has 2 heterocycles. The predicted molar refractivity (Wildman–Crippen MR) is 125 cm³/mol. The molecule has 31 heavy (non-hydrogen) atoms. The molecule has 6 heteroatoms. The lowest BCUT2D eigenvalue weighted by atomic mass is 9.93. The number of nitrogens with zero attached hydrogens (tertiary/aromatic N) is 2. The summed E-state index contributed by atoms with van der Waals surface area (Å²) in [7, 11) is 0. The van der Waals surface area contributed by atoms with Gasteiger partial charge in [-0.25, -0.2) is 4.98 Å². The van der Waals surface area contributed by atoms with Crippen molar-refractivity contribution in [3.05, 3.63) is 100 Å². The number of fused-ring (bicyclic) bond motifs is 3. The Morgan fingerprint density at radius 2 is 1.81 bits per heavy atom. The van der Waals surface area contributed by atoms with Crippen molar-refractivity contribution in [1.82, 2.24) is 9.55 Å². The zero-order valence-corrected chi connectivity index (χ0v) is 17.9. The van der Waals surface area contributed by atoms with Crippen LogP contribution in [0.5, 0.6) is 0 Å². The number of nitrogens with one attached hydrogen (secondary N) is 2. The summed E-state index contributed by atoms with van der Waals surface area (Å²) in [6.45, 7) is 3.98. The van der Waals surface area contributed by atoms with Crippen molar-refractivity contribution >= 4 is 40.2 Å². The highest BCUT2D eigenvalue weighted by Crippen LogP contribution is 2.39. The molecule has 0 unspecified atom stereocenters. The number of aromatic nitrogens is 2. The van der Waals surface area contributed by atoms with E-state index in [4.69, 9.17) is 16.6 Å². The van der Waals surface area contributed by atoms with E-state index in [0.29, 0.717) is 16.3 Å². The maximum absolute atomic E-state index is 13.5. The van der Waals surface area contributed by atoms with Crippen molar-refractivity contribution in [2.45, 2.75) is 19.9 Å². The monoisotopic (exact) mass is 428 g/mol. The number of amides is 1. The van der Waals surface area contributed by atoms with Crippen molar-refractivity contribution in [1.29, 1.82) is 0 Å². The number of para-hydroxylation sites is 2. The zero-order chi connectivity index (χ0) is 21.5. The third-order valence-corrected chi connectivity index (χ3v) is 5.79. The summed E-state index contributed by atoms with van der Waals surface area (Å²) in [5.74, 6) is 0.565. The van der Waals surface area contributed by atoms with Gasteiger partial charge in [0.25, 0.3) is 5.91 Å². The molecule has 5 nitrogen and oxygen atoms in total. The number of anilines is 2. The second-order valence-electron chi connectivity index (χ2n) is 7.74. The minimum Gasteiger partial charge on any atom is -0.329 e. The number of carbonyl (C=O) groups excluding carboxylic acids is 1. The van der Waals surface area contributed by atoms with E-state index in [2.05, 4.69) is 40.3 Å². The normalized spacial score (nSPS) is 15.5. The van der Waals surface area contributed by atoms with Crippen LogP contribution in [-0.2, 0) is 4.79 Å². The molecule has 1 aromatic heterocycles. The molecule has 5 rings (SSSR count). The molecule has 0 aliphatic carbocycles. The minimum absolute atomic E-state index is 0.165. The van der Waals surface area contributed by atoms with E-state index in [0.717, 1.165) is 33.8 Å². The fraction of sp³-hybridized carbons (Fsp3) is 0.120. The highest BCUT2D eigenvalue weighted by atomic mass is 35.5. The van der Waals surface area contributed by atoms with E-state index in [1.54, 1.807) is 24.3 Å². The topological polar surface area (TPSA) is 59.0 Å². The molecule has 0 bridgehead atoms. The van der Waals surface area contributed by atoms with Crippen LogP contribution >= 0.6 is 11.6 Å². The van der Waals surface area contributed by atoms with Gasteiger partial charge < -0.3 is 10.6 Å². The molecular formula is C25H21ClN4O. The molecule has 3 aromatic carbocycles. The van der Waals surface area contributed by atoms with Crippen LogP contribution in [0.25, 0.3) is 11.0 Å². The highest BCUT2D eigenvalue weighted by Gasteiger charge is 2.34. The van der Waals surface area contributed by atoms with Gasteiger partial charge in [0, 0.05) is 16.4 Å². The Balaban J connectivity index is 1.66. The number of halogens is 1. The minimum atomic E-state index is -0.309. The van der Waals surface area contributed by atoms with Crippen molar-refractivity contribution in [3.8, 4) is 0 Å². The van der Waals surface area contributed by atoms with Crippen LogP contribution in [0.2, 0.25) is 5.02 Å². The summed E-state index contributed by atoms with van der Waals surface area (Å²) in [4.78, 5) is 18.3. The summed E-state index contributed by atoms with van der Waals surface area (Å²) in [6.07, 6.45) is 0. The Labute approximate surface area is 185 Å². The van der Waals surface area contributed by atoms with Crippen LogP contribution in [0.1, 0.15) is 24.1 Å². The number of hydrogen-bond acceptors (Lipinski definition) is 3. The van der Waals surface area contributed by atoms with Crippen LogP contribution < -0.4 is 10.6 Å². The smallest absolute Gasteiger partial charge is 0.255 e. The summed E-state index contributed by atoms with van der Waals surface area (Å²) >= 11 is 5.99. The zero-order valence-electron chi connectivity index (χ0n) is 17.2. The van der Waals surface area contributed by atoms with Crippen LogP contribution in [0.3, 0.4) is 0 Å². The molecule has 0 saturated carbocycles. The molecule has 2 N–H and O–H groups in total. The first-order chi connectivity index (χ1) is 15.0. The molecular weight excluding hydrogens is 408 g/mol. The van der Waals surface area contributed by atoms with Gasteiger partial charge in [-0.2, -0.15) is 0 Å². The predicted octanol–water partition coefficient (Wildman–Crippen LogP) is 5.93. The number of hydrogen-bond donors (Lipinski definition) is 2. The van der Waals surface area contributed by atoms with E-state index in [9.17, 15) is 4.79 Å². The molecule has 154 valence electrons. The average molecular weight is 429 g/mol. The van der Waals surface area contributed by atoms with Gasteiger partial charge in [0.1, 0.15) is 0 Å². The Bertz CT molecular complexity index is 1340. The fourth-order valence-electron chi connectivity index (χ4n) is 4.15. The van der Waals surface area contributed by atoms with Crippen LogP contribution in [0, 0.1) is 6.92 Å². The summed E-state index contributed by atoms with van der Waals surface area (Å²) in [6, 6.07) is 23.0. The largest absolute Gasteiger partial charge is 0.329 e. The van der Waals surface area contributed by atoms with Gasteiger partial charge >= 0.3 is 0 Å². The molecule has 1 aliphatic rings. The Morgan fingerprint density at radius 3 is 2.58 bits per heavy atom. The Kier molecular flexibility index (Phi) is 4.75. The van der Waals surface area contributed by atoms with Crippen molar-refractivity contribution in [3.63, 3.8) is 0 Å². The van der Waals surface area contributed by atoms with Crippen molar-refractivity contribution in [2.75, 3.05) is 10.6 Å². The second kappa shape index (κ2) is 7.60. The van der Waals surface area contributed by atoms with Gasteiger partial charge in [0.05, 0.1) is 22.6 Å². The number of imidazole rings is 1. The Hall–Kier alpha value is -3.57. The maximum Gasteiger partial charge on any atom is 0.255 e. The first kappa shape index (κ1) is 19.4. The lowest BCUT2D eigenvalue weighted by Gasteiger charge is -2.31. The summed E-state index contributed by atoms with van der Waals surface area (Å²) in [5.41, 5.74) is 6.15. The molecule has 0 spiro atoms. The molecule has 1 atom stereocenters. The van der Waals surface area contributed by atoms with Gasteiger partial charge in [0.2, 0.25) is 5.95 Å². The number of benzene rings is 3. The van der Waals surface area contributed by atoms with E-state index >= 15 is 0 Å². The molecule has 0 fully saturated rings. The summed E-state index contributed by atoms with van der Waals surface area (Å²) in [5, 5.41) is 6.99. The van der Waals surface area contributed by atoms with Gasteiger partial charge in [0.15, 0.2) is 0 Å². The van der Waals surface area contributed by atoms with Gasteiger partial charge in [-0.15, -0.1) is 0 Å². The summed E-state index contributed by atoms with van der Waals surface area (Å²) < 4.78 is 2.11. The first-order valence-corrected chi connectivity index (χ1v) is 10.5. The van der Waals surface area contributed by atoms with Crippen LogP contribution in [0.4, 0.5) is 11.6 Å². The number of rotatable bonds is 3. The van der Waals surface area contributed by atoms with E-state index < -0.39 is 0 Å². The van der Waals surface area contributed by atoms with Crippen molar-refractivity contribution < 1.29 is 4.79 Å². The quantitative estimate of drug-likeness (QED) is 0.425. The fourth-order valence-corrected chi connectivity index (χ4v) is 4.27. The number of carbonyl (C=O) groups is 1. The lowest BCUT2D eigenvalue weighted by molar-refractivity contribution is -0.113.